The molecule has 3 rings (SSSR count). The summed E-state index contributed by atoms with van der Waals surface area (Å²) in [6.45, 7) is 5.76. The number of rotatable bonds is 3. The zero-order valence-corrected chi connectivity index (χ0v) is 12.5. The molecule has 20 heavy (non-hydrogen) atoms. The summed E-state index contributed by atoms with van der Waals surface area (Å²) in [4.78, 5) is 7.70. The molecule has 6 heteroatoms. The second-order valence-electron chi connectivity index (χ2n) is 5.44. The molecular formula is C14H19N3O2S. The number of likely N-dealkylation sites (tertiary alicyclic amines) is 1. The quantitative estimate of drug-likeness (QED) is 0.942. The second kappa shape index (κ2) is 5.63. The van der Waals surface area contributed by atoms with E-state index in [1.807, 2.05) is 17.5 Å². The number of aliphatic hydroxyl groups is 1. The van der Waals surface area contributed by atoms with E-state index in [9.17, 15) is 5.11 Å². The zero-order valence-electron chi connectivity index (χ0n) is 11.7. The van der Waals surface area contributed by atoms with Crippen LogP contribution >= 0.6 is 11.3 Å². The highest BCUT2D eigenvalue weighted by atomic mass is 32.1. The number of aliphatic hydroxyl groups excluding tert-OH is 1. The molecule has 1 aliphatic rings. The minimum Gasteiger partial charge on any atom is -0.392 e. The molecule has 1 aliphatic heterocycles. The normalized spacial score (nSPS) is 25.8. The molecule has 1 N–H and O–H groups in total. The lowest BCUT2D eigenvalue weighted by molar-refractivity contribution is 0.00707. The van der Waals surface area contributed by atoms with Crippen LogP contribution in [0, 0.1) is 5.92 Å². The molecule has 108 valence electrons. The van der Waals surface area contributed by atoms with Crippen LogP contribution in [0.4, 0.5) is 0 Å². The molecule has 3 atom stereocenters. The molecule has 1 saturated heterocycles. The zero-order chi connectivity index (χ0) is 14.1. The maximum absolute atomic E-state index is 9.99. The molecule has 3 heterocycles. The maximum Gasteiger partial charge on any atom is 0.244 e. The first kappa shape index (κ1) is 13.7. The highest BCUT2D eigenvalue weighted by molar-refractivity contribution is 7.13. The fraction of sp³-hybridized carbons (Fsp3) is 0.571. The van der Waals surface area contributed by atoms with Crippen LogP contribution in [0.3, 0.4) is 0 Å². The van der Waals surface area contributed by atoms with E-state index in [4.69, 9.17) is 4.52 Å². The van der Waals surface area contributed by atoms with Crippen LogP contribution < -0.4 is 0 Å². The summed E-state index contributed by atoms with van der Waals surface area (Å²) in [5, 5.41) is 16.0. The largest absolute Gasteiger partial charge is 0.392 e. The molecule has 5 nitrogen and oxygen atoms in total. The Hall–Kier alpha value is -1.24. The molecular weight excluding hydrogens is 274 g/mol. The summed E-state index contributed by atoms with van der Waals surface area (Å²) >= 11 is 1.60. The van der Waals surface area contributed by atoms with Crippen molar-refractivity contribution in [2.45, 2.75) is 32.4 Å². The minimum atomic E-state index is -0.272. The molecule has 0 radical (unpaired) electrons. The van der Waals surface area contributed by atoms with E-state index in [2.05, 4.69) is 28.9 Å². The second-order valence-corrected chi connectivity index (χ2v) is 6.39. The van der Waals surface area contributed by atoms with Crippen molar-refractivity contribution in [2.24, 2.45) is 5.92 Å². The predicted molar refractivity (Wildman–Crippen MR) is 77.4 cm³/mol. The topological polar surface area (TPSA) is 62.4 Å². The average molecular weight is 293 g/mol. The smallest absolute Gasteiger partial charge is 0.244 e. The van der Waals surface area contributed by atoms with Gasteiger partial charge in [0.25, 0.3) is 0 Å². The van der Waals surface area contributed by atoms with Gasteiger partial charge in [0.05, 0.1) is 17.0 Å². The van der Waals surface area contributed by atoms with Crippen molar-refractivity contribution in [2.75, 3.05) is 13.1 Å². The van der Waals surface area contributed by atoms with Gasteiger partial charge in [0.1, 0.15) is 0 Å². The number of piperidine rings is 1. The van der Waals surface area contributed by atoms with Crippen molar-refractivity contribution >= 4 is 11.3 Å². The SMILES string of the molecule is CC1CCN(C(C)c2nc(-c3cccs3)no2)CC1O. The number of thiophene rings is 1. The van der Waals surface area contributed by atoms with Crippen molar-refractivity contribution in [3.05, 3.63) is 23.4 Å². The number of aromatic nitrogens is 2. The van der Waals surface area contributed by atoms with Crippen LogP contribution in [0.5, 0.6) is 0 Å². The van der Waals surface area contributed by atoms with Crippen molar-refractivity contribution < 1.29 is 9.63 Å². The Balaban J connectivity index is 1.73. The van der Waals surface area contributed by atoms with Gasteiger partial charge < -0.3 is 9.63 Å². The molecule has 1 fully saturated rings. The number of hydrogen-bond donors (Lipinski definition) is 1. The fourth-order valence-corrected chi connectivity index (χ4v) is 3.14. The third kappa shape index (κ3) is 2.63. The summed E-state index contributed by atoms with van der Waals surface area (Å²) in [6, 6.07) is 4.00. The Kier molecular flexibility index (Phi) is 3.87. The van der Waals surface area contributed by atoms with Gasteiger partial charge in [0.15, 0.2) is 0 Å². The maximum atomic E-state index is 9.99. The lowest BCUT2D eigenvalue weighted by atomic mass is 9.95. The highest BCUT2D eigenvalue weighted by Gasteiger charge is 2.30. The third-order valence-electron chi connectivity index (χ3n) is 4.04. The van der Waals surface area contributed by atoms with Crippen LogP contribution in [0.2, 0.25) is 0 Å². The number of nitrogens with zero attached hydrogens (tertiary/aromatic N) is 3. The first-order chi connectivity index (χ1) is 9.65. The van der Waals surface area contributed by atoms with Gasteiger partial charge >= 0.3 is 0 Å². The van der Waals surface area contributed by atoms with Gasteiger partial charge in [-0.2, -0.15) is 4.98 Å². The van der Waals surface area contributed by atoms with E-state index >= 15 is 0 Å². The molecule has 0 bridgehead atoms. The first-order valence-corrected chi connectivity index (χ1v) is 7.82. The van der Waals surface area contributed by atoms with Crippen LogP contribution in [0.15, 0.2) is 22.0 Å². The monoisotopic (exact) mass is 293 g/mol. The molecule has 2 aromatic rings. The van der Waals surface area contributed by atoms with E-state index < -0.39 is 0 Å². The molecule has 0 amide bonds. The van der Waals surface area contributed by atoms with Crippen LogP contribution in [0.25, 0.3) is 10.7 Å². The Morgan fingerprint density at radius 2 is 2.40 bits per heavy atom. The van der Waals surface area contributed by atoms with E-state index in [-0.39, 0.29) is 12.1 Å². The molecule has 0 saturated carbocycles. The highest BCUT2D eigenvalue weighted by Crippen LogP contribution is 2.28. The summed E-state index contributed by atoms with van der Waals surface area (Å²) in [7, 11) is 0. The Morgan fingerprint density at radius 1 is 1.55 bits per heavy atom. The summed E-state index contributed by atoms with van der Waals surface area (Å²) in [5.74, 6) is 1.63. The molecule has 2 aromatic heterocycles. The molecule has 0 aliphatic carbocycles. The fourth-order valence-electron chi connectivity index (χ4n) is 2.49. The standard InChI is InChI=1S/C14H19N3O2S/c1-9-5-6-17(8-11(9)18)10(2)14-15-13(16-19-14)12-4-3-7-20-12/h3-4,7,9-11,18H,5-6,8H2,1-2H3. The van der Waals surface area contributed by atoms with Gasteiger partial charge in [-0.1, -0.05) is 18.1 Å². The summed E-state index contributed by atoms with van der Waals surface area (Å²) in [6.07, 6.45) is 0.725. The van der Waals surface area contributed by atoms with E-state index in [0.29, 0.717) is 24.2 Å². The van der Waals surface area contributed by atoms with Gasteiger partial charge in [-0.05, 0) is 37.3 Å². The van der Waals surface area contributed by atoms with Crippen molar-refractivity contribution in [3.63, 3.8) is 0 Å². The van der Waals surface area contributed by atoms with E-state index in [1.54, 1.807) is 11.3 Å². The third-order valence-corrected chi connectivity index (χ3v) is 4.90. The first-order valence-electron chi connectivity index (χ1n) is 6.94. The number of β-amino-alcohol motifs (C(OH)–C–C–N with tert-alkyl or cyclic N) is 1. The lowest BCUT2D eigenvalue weighted by Crippen LogP contribution is -2.43. The van der Waals surface area contributed by atoms with Crippen LogP contribution in [-0.2, 0) is 0 Å². The van der Waals surface area contributed by atoms with Crippen molar-refractivity contribution in [3.8, 4) is 10.7 Å². The molecule has 0 spiro atoms. The van der Waals surface area contributed by atoms with Gasteiger partial charge in [0.2, 0.25) is 11.7 Å². The Morgan fingerprint density at radius 3 is 3.10 bits per heavy atom. The lowest BCUT2D eigenvalue weighted by Gasteiger charge is -2.36. The summed E-state index contributed by atoms with van der Waals surface area (Å²) < 4.78 is 5.39. The molecule has 0 aromatic carbocycles. The van der Waals surface area contributed by atoms with Gasteiger partial charge in [-0.25, -0.2) is 0 Å². The van der Waals surface area contributed by atoms with Crippen LogP contribution in [-0.4, -0.2) is 39.3 Å². The van der Waals surface area contributed by atoms with E-state index in [1.165, 1.54) is 0 Å². The van der Waals surface area contributed by atoms with Crippen molar-refractivity contribution in [1.82, 2.24) is 15.0 Å². The van der Waals surface area contributed by atoms with Crippen LogP contribution in [0.1, 0.15) is 32.2 Å². The van der Waals surface area contributed by atoms with Gasteiger partial charge in [-0.3, -0.25) is 4.90 Å². The van der Waals surface area contributed by atoms with Gasteiger partial charge in [0, 0.05) is 6.54 Å². The minimum absolute atomic E-state index is 0.0402. The average Bonchev–Trinajstić information content (AvgIpc) is 3.11. The Labute approximate surface area is 122 Å². The molecule has 3 unspecified atom stereocenters. The Bertz CT molecular complexity index is 555. The van der Waals surface area contributed by atoms with Crippen molar-refractivity contribution in [1.29, 1.82) is 0 Å². The number of hydrogen-bond acceptors (Lipinski definition) is 6. The summed E-state index contributed by atoms with van der Waals surface area (Å²) in [5.41, 5.74) is 0. The van der Waals surface area contributed by atoms with Gasteiger partial charge in [-0.15, -0.1) is 11.3 Å². The predicted octanol–water partition coefficient (Wildman–Crippen LogP) is 2.56. The van der Waals surface area contributed by atoms with E-state index in [0.717, 1.165) is 17.8 Å².